The van der Waals surface area contributed by atoms with Crippen molar-refractivity contribution in [1.82, 2.24) is 9.62 Å². The van der Waals surface area contributed by atoms with Crippen molar-refractivity contribution in [2.45, 2.75) is 69.9 Å². The zero-order valence-electron chi connectivity index (χ0n) is 14.8. The van der Waals surface area contributed by atoms with Gasteiger partial charge >= 0.3 is 0 Å². The Kier molecular flexibility index (Phi) is 6.40. The summed E-state index contributed by atoms with van der Waals surface area (Å²) in [5.41, 5.74) is 0.439. The first kappa shape index (κ1) is 18.9. The van der Waals surface area contributed by atoms with Crippen LogP contribution in [0.4, 0.5) is 0 Å². The highest BCUT2D eigenvalue weighted by Crippen LogP contribution is 2.24. The van der Waals surface area contributed by atoms with Gasteiger partial charge in [0.2, 0.25) is 10.0 Å². The van der Waals surface area contributed by atoms with Gasteiger partial charge < -0.3 is 4.90 Å². The molecule has 0 spiro atoms. The molecular formula is C18H28N2O3S. The average Bonchev–Trinajstić information content (AvgIpc) is 2.55. The van der Waals surface area contributed by atoms with Crippen molar-refractivity contribution in [2.75, 3.05) is 6.54 Å². The van der Waals surface area contributed by atoms with E-state index < -0.39 is 10.0 Å². The Morgan fingerprint density at radius 3 is 2.50 bits per heavy atom. The van der Waals surface area contributed by atoms with E-state index >= 15 is 0 Å². The Balaban J connectivity index is 2.24. The lowest BCUT2D eigenvalue weighted by atomic mass is 9.93. The number of nitrogens with one attached hydrogen (secondary N) is 1. The molecule has 0 atom stereocenters. The molecule has 1 aliphatic carbocycles. The number of hydrogen-bond donors (Lipinski definition) is 1. The molecular weight excluding hydrogens is 324 g/mol. The first-order chi connectivity index (χ1) is 11.3. The van der Waals surface area contributed by atoms with Crippen LogP contribution in [0.5, 0.6) is 0 Å². The summed E-state index contributed by atoms with van der Waals surface area (Å²) < 4.78 is 27.2. The minimum absolute atomic E-state index is 0.0778. The molecule has 2 rings (SSSR count). The molecule has 1 fully saturated rings. The lowest BCUT2D eigenvalue weighted by Crippen LogP contribution is -2.41. The van der Waals surface area contributed by atoms with E-state index in [4.69, 9.17) is 0 Å². The predicted octanol–water partition coefficient (Wildman–Crippen LogP) is 3.17. The van der Waals surface area contributed by atoms with E-state index in [9.17, 15) is 13.2 Å². The number of sulfonamides is 1. The molecule has 1 amide bonds. The quantitative estimate of drug-likeness (QED) is 0.855. The molecule has 24 heavy (non-hydrogen) atoms. The summed E-state index contributed by atoms with van der Waals surface area (Å²) >= 11 is 0. The Bertz CT molecular complexity index is 665. The van der Waals surface area contributed by atoms with Gasteiger partial charge in [-0.3, -0.25) is 4.79 Å². The van der Waals surface area contributed by atoms with Crippen LogP contribution in [0.25, 0.3) is 0 Å². The summed E-state index contributed by atoms with van der Waals surface area (Å²) in [6.07, 6.45) is 5.61. The fourth-order valence-corrected chi connectivity index (χ4v) is 4.60. The van der Waals surface area contributed by atoms with E-state index in [0.717, 1.165) is 25.7 Å². The first-order valence-electron chi connectivity index (χ1n) is 8.78. The highest BCUT2D eigenvalue weighted by Gasteiger charge is 2.26. The first-order valence-corrected chi connectivity index (χ1v) is 10.3. The number of carbonyl (C=O) groups is 1. The lowest BCUT2D eigenvalue weighted by Gasteiger charge is -2.33. The number of carbonyl (C=O) groups excluding carboxylic acids is 1. The highest BCUT2D eigenvalue weighted by molar-refractivity contribution is 7.89. The van der Waals surface area contributed by atoms with Gasteiger partial charge in [-0.05, 0) is 51.8 Å². The number of rotatable bonds is 6. The van der Waals surface area contributed by atoms with E-state index in [0.29, 0.717) is 12.1 Å². The van der Waals surface area contributed by atoms with Crippen molar-refractivity contribution in [3.8, 4) is 0 Å². The van der Waals surface area contributed by atoms with E-state index in [1.807, 2.05) is 11.8 Å². The molecule has 0 aromatic heterocycles. The lowest BCUT2D eigenvalue weighted by molar-refractivity contribution is 0.0647. The van der Waals surface area contributed by atoms with Crippen LogP contribution in [0, 0.1) is 0 Å². The van der Waals surface area contributed by atoms with Crippen LogP contribution in [0.3, 0.4) is 0 Å². The van der Waals surface area contributed by atoms with Crippen LogP contribution in [0.1, 0.15) is 63.2 Å². The summed E-state index contributed by atoms with van der Waals surface area (Å²) in [5.74, 6) is -0.0778. The third kappa shape index (κ3) is 4.57. The maximum absolute atomic E-state index is 12.9. The minimum atomic E-state index is -3.59. The average molecular weight is 353 g/mol. The van der Waals surface area contributed by atoms with Crippen LogP contribution in [0.15, 0.2) is 29.2 Å². The Hall–Kier alpha value is -1.40. The molecule has 0 unspecified atom stereocenters. The summed E-state index contributed by atoms with van der Waals surface area (Å²) in [5, 5.41) is 0. The van der Waals surface area contributed by atoms with Crippen molar-refractivity contribution in [2.24, 2.45) is 0 Å². The normalized spacial score (nSPS) is 16.3. The monoisotopic (exact) mass is 352 g/mol. The second-order valence-corrected chi connectivity index (χ2v) is 8.40. The van der Waals surface area contributed by atoms with Crippen LogP contribution in [-0.2, 0) is 10.0 Å². The molecule has 6 heteroatoms. The van der Waals surface area contributed by atoms with E-state index in [1.54, 1.807) is 26.0 Å². The molecule has 1 aromatic carbocycles. The largest absolute Gasteiger partial charge is 0.336 e. The maximum atomic E-state index is 12.9. The van der Waals surface area contributed by atoms with E-state index in [-0.39, 0.29) is 22.9 Å². The van der Waals surface area contributed by atoms with Gasteiger partial charge in [-0.1, -0.05) is 25.3 Å². The maximum Gasteiger partial charge on any atom is 0.254 e. The SMILES string of the molecule is CCN(C(=O)c1cccc(S(=O)(=O)NC(C)C)c1)C1CCCCC1. The second kappa shape index (κ2) is 8.12. The summed E-state index contributed by atoms with van der Waals surface area (Å²) in [4.78, 5) is 14.9. The third-order valence-corrected chi connectivity index (χ3v) is 6.06. The molecule has 0 aliphatic heterocycles. The summed E-state index contributed by atoms with van der Waals surface area (Å²) in [7, 11) is -3.59. The molecule has 0 saturated heterocycles. The molecule has 1 aromatic rings. The molecule has 1 aliphatic rings. The zero-order chi connectivity index (χ0) is 17.7. The number of nitrogens with zero attached hydrogens (tertiary/aromatic N) is 1. The molecule has 0 radical (unpaired) electrons. The van der Waals surface area contributed by atoms with Gasteiger partial charge in [-0.25, -0.2) is 13.1 Å². The van der Waals surface area contributed by atoms with Gasteiger partial charge in [-0.2, -0.15) is 0 Å². The number of hydrogen-bond acceptors (Lipinski definition) is 3. The standard InChI is InChI=1S/C18H28N2O3S/c1-4-20(16-10-6-5-7-11-16)18(21)15-9-8-12-17(13-15)24(22,23)19-14(2)3/h8-9,12-14,16,19H,4-7,10-11H2,1-3H3. The fraction of sp³-hybridized carbons (Fsp3) is 0.611. The highest BCUT2D eigenvalue weighted by atomic mass is 32.2. The van der Waals surface area contributed by atoms with Crippen LogP contribution < -0.4 is 4.72 Å². The number of amides is 1. The Morgan fingerprint density at radius 2 is 1.92 bits per heavy atom. The molecule has 0 heterocycles. The van der Waals surface area contributed by atoms with Gasteiger partial charge in [-0.15, -0.1) is 0 Å². The Morgan fingerprint density at radius 1 is 1.25 bits per heavy atom. The number of benzene rings is 1. The Labute approximate surface area is 145 Å². The van der Waals surface area contributed by atoms with Gasteiger partial charge in [0.1, 0.15) is 0 Å². The van der Waals surface area contributed by atoms with Crippen LogP contribution in [0.2, 0.25) is 0 Å². The van der Waals surface area contributed by atoms with Gasteiger partial charge in [0.05, 0.1) is 4.90 Å². The van der Waals surface area contributed by atoms with E-state index in [2.05, 4.69) is 4.72 Å². The van der Waals surface area contributed by atoms with Gasteiger partial charge in [0.25, 0.3) is 5.91 Å². The predicted molar refractivity (Wildman–Crippen MR) is 95.5 cm³/mol. The van der Waals surface area contributed by atoms with Crippen molar-refractivity contribution in [3.05, 3.63) is 29.8 Å². The molecule has 1 N–H and O–H groups in total. The fourth-order valence-electron chi connectivity index (χ4n) is 3.30. The van der Waals surface area contributed by atoms with Crippen molar-refractivity contribution in [3.63, 3.8) is 0 Å². The summed E-state index contributed by atoms with van der Waals surface area (Å²) in [6, 6.07) is 6.42. The molecule has 5 nitrogen and oxygen atoms in total. The minimum Gasteiger partial charge on any atom is -0.336 e. The smallest absolute Gasteiger partial charge is 0.254 e. The molecule has 1 saturated carbocycles. The van der Waals surface area contributed by atoms with Gasteiger partial charge in [0.15, 0.2) is 0 Å². The van der Waals surface area contributed by atoms with Crippen molar-refractivity contribution >= 4 is 15.9 Å². The van der Waals surface area contributed by atoms with Gasteiger partial charge in [0, 0.05) is 24.2 Å². The molecule has 134 valence electrons. The van der Waals surface area contributed by atoms with Crippen molar-refractivity contribution < 1.29 is 13.2 Å². The van der Waals surface area contributed by atoms with Crippen LogP contribution in [-0.4, -0.2) is 37.9 Å². The zero-order valence-corrected chi connectivity index (χ0v) is 15.6. The molecule has 0 bridgehead atoms. The summed E-state index contributed by atoms with van der Waals surface area (Å²) in [6.45, 7) is 6.17. The third-order valence-electron chi connectivity index (χ3n) is 4.40. The van der Waals surface area contributed by atoms with Crippen LogP contribution >= 0.6 is 0 Å². The second-order valence-electron chi connectivity index (χ2n) is 6.69. The topological polar surface area (TPSA) is 66.5 Å². The van der Waals surface area contributed by atoms with E-state index in [1.165, 1.54) is 18.6 Å². The van der Waals surface area contributed by atoms with Crippen molar-refractivity contribution in [1.29, 1.82) is 0 Å².